The van der Waals surface area contributed by atoms with E-state index >= 15 is 0 Å². The second-order valence-corrected chi connectivity index (χ2v) is 16.4. The summed E-state index contributed by atoms with van der Waals surface area (Å²) in [6, 6.07) is 31.6. The first-order valence-electron chi connectivity index (χ1n) is 20.5. The van der Waals surface area contributed by atoms with Gasteiger partial charge in [-0.15, -0.1) is 0 Å². The Morgan fingerprint density at radius 1 is 0.855 bits per heavy atom. The molecule has 1 heterocycles. The number of carbonyl (C=O) groups is 5. The van der Waals surface area contributed by atoms with Gasteiger partial charge < -0.3 is 39.6 Å². The van der Waals surface area contributed by atoms with Crippen molar-refractivity contribution in [2.75, 3.05) is 20.7 Å². The third-order valence-electron chi connectivity index (χ3n) is 10.2. The Hall–Kier alpha value is -6.41. The van der Waals surface area contributed by atoms with E-state index in [0.29, 0.717) is 33.4 Å². The molecule has 3 N–H and O–H groups in total. The minimum Gasteiger partial charge on any atom is -0.460 e. The summed E-state index contributed by atoms with van der Waals surface area (Å²) in [4.78, 5) is 66.9. The van der Waals surface area contributed by atoms with Crippen molar-refractivity contribution in [2.45, 2.75) is 82.3 Å². The number of rotatable bonds is 15. The number of benzene rings is 4. The molecule has 3 amide bonds. The van der Waals surface area contributed by atoms with E-state index in [2.05, 4.69) is 10.6 Å². The molecular formula is C49H53N3O10. The zero-order valence-electron chi connectivity index (χ0n) is 35.5. The highest BCUT2D eigenvalue weighted by Gasteiger charge is 2.55. The Bertz CT molecular complexity index is 2260. The number of fused-ring (bicyclic) bond motifs is 1. The van der Waals surface area contributed by atoms with Crippen LogP contribution in [0.2, 0.25) is 0 Å². The molecule has 4 aromatic rings. The quantitative estimate of drug-likeness (QED) is 0.0974. The lowest BCUT2D eigenvalue weighted by Crippen LogP contribution is -2.43. The number of nitrogens with zero attached hydrogens (tertiary/aromatic N) is 1. The van der Waals surface area contributed by atoms with Gasteiger partial charge in [-0.2, -0.15) is 0 Å². The van der Waals surface area contributed by atoms with Crippen molar-refractivity contribution < 1.29 is 48.0 Å². The van der Waals surface area contributed by atoms with Crippen LogP contribution in [0.15, 0.2) is 127 Å². The minimum absolute atomic E-state index is 0.00692. The number of aliphatic hydroxyl groups is 1. The average molecular weight is 844 g/mol. The molecule has 6 rings (SSSR count). The van der Waals surface area contributed by atoms with Crippen molar-refractivity contribution in [1.29, 1.82) is 0 Å². The maximum Gasteiger partial charge on any atom is 0.338 e. The van der Waals surface area contributed by atoms with Crippen LogP contribution in [0.5, 0.6) is 0 Å². The first-order valence-corrected chi connectivity index (χ1v) is 20.5. The van der Waals surface area contributed by atoms with Crippen LogP contribution in [0, 0.1) is 0 Å². The van der Waals surface area contributed by atoms with Crippen molar-refractivity contribution >= 4 is 35.7 Å². The normalized spacial score (nSPS) is 18.5. The molecule has 0 radical (unpaired) electrons. The number of aliphatic hydroxyl groups excluding tert-OH is 1. The molecule has 13 heteroatoms. The molecule has 62 heavy (non-hydrogen) atoms. The number of carbonyl (C=O) groups excluding carboxylic acids is 5. The lowest BCUT2D eigenvalue weighted by molar-refractivity contribution is -0.157. The van der Waals surface area contributed by atoms with Crippen molar-refractivity contribution in [2.24, 2.45) is 0 Å². The van der Waals surface area contributed by atoms with Crippen LogP contribution < -0.4 is 10.6 Å². The van der Waals surface area contributed by atoms with Gasteiger partial charge in [-0.25, -0.2) is 4.79 Å². The van der Waals surface area contributed by atoms with Crippen molar-refractivity contribution in [3.05, 3.63) is 160 Å². The van der Waals surface area contributed by atoms with Crippen LogP contribution in [0.1, 0.15) is 83.0 Å². The standard InChI is InChI=1S/C49H53N3O10/c1-48(2,3)61-43(55)25-23-39(31-53)51-46(57)34-16-13-15-33(27-34)30-50-45(56)36-28-40(59-47(58)35-17-12-14-32(26-35)22-24-42(54)52(4)5)44-41(29-36)60-49(62-44,37-18-8-6-9-19-37)38-20-10-7-11-21-38/h6-22,24,26-27,29,39-41,44,53H,23,25,28,30-31H2,1-5H3,(H,50,56)(H,51,57). The first kappa shape index (κ1) is 45.1. The Labute approximate surface area is 361 Å². The maximum absolute atomic E-state index is 14.0. The lowest BCUT2D eigenvalue weighted by atomic mass is 9.91. The Morgan fingerprint density at radius 3 is 2.16 bits per heavy atom. The van der Waals surface area contributed by atoms with E-state index in [1.807, 2.05) is 60.7 Å². The van der Waals surface area contributed by atoms with E-state index in [4.69, 9.17) is 18.9 Å². The number of likely N-dealkylation sites (N-methyl/N-ethyl adjacent to an activating group) is 1. The Kier molecular flexibility index (Phi) is 14.5. The summed E-state index contributed by atoms with van der Waals surface area (Å²) in [5.41, 5.74) is 2.90. The molecule has 0 bridgehead atoms. The molecule has 4 aromatic carbocycles. The minimum atomic E-state index is -1.39. The zero-order valence-corrected chi connectivity index (χ0v) is 35.5. The highest BCUT2D eigenvalue weighted by molar-refractivity contribution is 5.96. The molecule has 1 fully saturated rings. The summed E-state index contributed by atoms with van der Waals surface area (Å²) >= 11 is 0. The van der Waals surface area contributed by atoms with Crippen molar-refractivity contribution in [3.63, 3.8) is 0 Å². The average Bonchev–Trinajstić information content (AvgIpc) is 3.67. The topological polar surface area (TPSA) is 170 Å². The molecule has 4 atom stereocenters. The SMILES string of the molecule is CN(C)C(=O)C=Cc1cccc(C(=O)OC2CC(C(=O)NCc3cccc(C(=O)NC(CO)CCC(=O)OC(C)(C)C)c3)=CC3OC(c4ccccc4)(c4ccccc4)OC32)c1. The highest BCUT2D eigenvalue weighted by atomic mass is 16.8. The van der Waals surface area contributed by atoms with E-state index in [0.717, 1.165) is 0 Å². The fourth-order valence-corrected chi connectivity index (χ4v) is 7.16. The molecule has 1 aliphatic carbocycles. The third kappa shape index (κ3) is 11.5. The van der Waals surface area contributed by atoms with E-state index < -0.39 is 59.5 Å². The molecule has 324 valence electrons. The second-order valence-electron chi connectivity index (χ2n) is 16.4. The molecule has 1 saturated heterocycles. The fourth-order valence-electron chi connectivity index (χ4n) is 7.16. The van der Waals surface area contributed by atoms with E-state index in [9.17, 15) is 29.1 Å². The van der Waals surface area contributed by atoms with Crippen molar-refractivity contribution in [3.8, 4) is 0 Å². The smallest absolute Gasteiger partial charge is 0.338 e. The van der Waals surface area contributed by atoms with Gasteiger partial charge in [0.2, 0.25) is 17.6 Å². The summed E-state index contributed by atoms with van der Waals surface area (Å²) in [6.07, 6.45) is 2.39. The molecule has 4 unspecified atom stereocenters. The fraction of sp³-hybridized carbons (Fsp3) is 0.327. The van der Waals surface area contributed by atoms with Gasteiger partial charge in [0.1, 0.15) is 23.9 Å². The maximum atomic E-state index is 14.0. The van der Waals surface area contributed by atoms with E-state index in [-0.39, 0.29) is 43.9 Å². The van der Waals surface area contributed by atoms with E-state index in [1.54, 1.807) is 95.5 Å². The molecule has 0 spiro atoms. The highest BCUT2D eigenvalue weighted by Crippen LogP contribution is 2.47. The lowest BCUT2D eigenvalue weighted by Gasteiger charge is -2.31. The van der Waals surface area contributed by atoms with Gasteiger partial charge in [-0.05, 0) is 74.7 Å². The second kappa shape index (κ2) is 20.0. The number of ether oxygens (including phenoxy) is 4. The van der Waals surface area contributed by atoms with Crippen LogP contribution in [0.4, 0.5) is 0 Å². The number of nitrogens with one attached hydrogen (secondary N) is 2. The molecular weight excluding hydrogens is 791 g/mol. The molecule has 0 saturated carbocycles. The number of esters is 2. The van der Waals surface area contributed by atoms with Gasteiger partial charge >= 0.3 is 11.9 Å². The summed E-state index contributed by atoms with van der Waals surface area (Å²) in [5, 5.41) is 15.6. The summed E-state index contributed by atoms with van der Waals surface area (Å²) < 4.78 is 25.2. The van der Waals surface area contributed by atoms with Gasteiger partial charge in [-0.3, -0.25) is 19.2 Å². The number of hydrogen-bond donors (Lipinski definition) is 3. The van der Waals surface area contributed by atoms with Crippen LogP contribution in [0.25, 0.3) is 6.08 Å². The summed E-state index contributed by atoms with van der Waals surface area (Å²) in [5.74, 6) is -3.55. The van der Waals surface area contributed by atoms with Gasteiger partial charge in [0, 0.05) is 61.8 Å². The van der Waals surface area contributed by atoms with Crippen LogP contribution in [-0.2, 0) is 45.7 Å². The molecule has 2 aliphatic rings. The van der Waals surface area contributed by atoms with Crippen LogP contribution in [0.3, 0.4) is 0 Å². The predicted octanol–water partition coefficient (Wildman–Crippen LogP) is 5.86. The molecule has 1 aliphatic heterocycles. The van der Waals surface area contributed by atoms with Gasteiger partial charge in [0.05, 0.1) is 18.2 Å². The Balaban J connectivity index is 1.20. The zero-order chi connectivity index (χ0) is 44.4. The van der Waals surface area contributed by atoms with Gasteiger partial charge in [-0.1, -0.05) is 84.9 Å². The Morgan fingerprint density at radius 2 is 1.52 bits per heavy atom. The van der Waals surface area contributed by atoms with Crippen LogP contribution in [-0.4, -0.2) is 90.3 Å². The third-order valence-corrected chi connectivity index (χ3v) is 10.2. The summed E-state index contributed by atoms with van der Waals surface area (Å²) in [7, 11) is 3.29. The van der Waals surface area contributed by atoms with Crippen molar-refractivity contribution in [1.82, 2.24) is 15.5 Å². The van der Waals surface area contributed by atoms with Crippen LogP contribution >= 0.6 is 0 Å². The van der Waals surface area contributed by atoms with E-state index in [1.165, 1.54) is 11.0 Å². The predicted molar refractivity (Wildman–Crippen MR) is 231 cm³/mol. The largest absolute Gasteiger partial charge is 0.460 e. The van der Waals surface area contributed by atoms with Gasteiger partial charge in [0.25, 0.3) is 5.91 Å². The number of amides is 3. The molecule has 13 nitrogen and oxygen atoms in total. The molecule has 0 aromatic heterocycles. The number of hydrogen-bond acceptors (Lipinski definition) is 10. The first-order chi connectivity index (χ1) is 29.6. The van der Waals surface area contributed by atoms with Gasteiger partial charge in [0.15, 0.2) is 0 Å². The monoisotopic (exact) mass is 843 g/mol. The summed E-state index contributed by atoms with van der Waals surface area (Å²) in [6.45, 7) is 4.99.